The van der Waals surface area contributed by atoms with Gasteiger partial charge < -0.3 is 14.6 Å². The van der Waals surface area contributed by atoms with Gasteiger partial charge in [-0.3, -0.25) is 4.79 Å². The van der Waals surface area contributed by atoms with E-state index < -0.39 is 0 Å². The molecule has 0 atom stereocenters. The normalized spacial score (nSPS) is 14.2. The van der Waals surface area contributed by atoms with E-state index in [9.17, 15) is 14.0 Å². The van der Waals surface area contributed by atoms with Gasteiger partial charge in [0.2, 0.25) is 0 Å². The Morgan fingerprint density at radius 1 is 1.31 bits per heavy atom. The smallest absolute Gasteiger partial charge is 0.409 e. The van der Waals surface area contributed by atoms with Gasteiger partial charge in [0.1, 0.15) is 17.3 Å². The van der Waals surface area contributed by atoms with Crippen molar-refractivity contribution in [2.24, 2.45) is 0 Å². The number of aromatic amines is 1. The average molecular weight is 391 g/mol. The van der Waals surface area contributed by atoms with Crippen molar-refractivity contribution in [2.75, 3.05) is 25.4 Å². The summed E-state index contributed by atoms with van der Waals surface area (Å²) in [4.78, 5) is 33.5. The lowest BCUT2D eigenvalue weighted by Gasteiger charge is -2.11. The zero-order chi connectivity index (χ0) is 18.1. The summed E-state index contributed by atoms with van der Waals surface area (Å²) in [6.07, 6.45) is -0.301. The van der Waals surface area contributed by atoms with E-state index >= 15 is 0 Å². The van der Waals surface area contributed by atoms with Crippen molar-refractivity contribution in [1.29, 1.82) is 0 Å². The SMILES string of the molecule is O=C1OCCN1CCSc1nc2scc(-c3ccc(F)cc3)c2c(=O)[nH]1. The predicted octanol–water partition coefficient (Wildman–Crippen LogP) is 3.34. The van der Waals surface area contributed by atoms with Crippen LogP contribution >= 0.6 is 23.1 Å². The van der Waals surface area contributed by atoms with Crippen molar-refractivity contribution in [2.45, 2.75) is 5.16 Å². The van der Waals surface area contributed by atoms with Crippen LogP contribution in [-0.2, 0) is 4.74 Å². The summed E-state index contributed by atoms with van der Waals surface area (Å²) in [5.74, 6) is 0.292. The maximum absolute atomic E-state index is 13.1. The summed E-state index contributed by atoms with van der Waals surface area (Å²) in [6, 6.07) is 6.03. The highest BCUT2D eigenvalue weighted by molar-refractivity contribution is 7.99. The number of hydrogen-bond acceptors (Lipinski definition) is 6. The number of fused-ring (bicyclic) bond motifs is 1. The number of carbonyl (C=O) groups is 1. The highest BCUT2D eigenvalue weighted by Crippen LogP contribution is 2.31. The first-order chi connectivity index (χ1) is 12.6. The first kappa shape index (κ1) is 17.0. The maximum Gasteiger partial charge on any atom is 0.409 e. The predicted molar refractivity (Wildman–Crippen MR) is 99.3 cm³/mol. The third-order valence-corrected chi connectivity index (χ3v) is 5.75. The molecule has 1 amide bonds. The standard InChI is InChI=1S/C17H14FN3O3S2/c18-11-3-1-10(2-4-11)12-9-26-15-13(12)14(22)19-16(20-15)25-8-6-21-5-7-24-17(21)23/h1-4,9H,5-8H2,(H,19,20,22). The highest BCUT2D eigenvalue weighted by Gasteiger charge is 2.21. The van der Waals surface area contributed by atoms with Crippen molar-refractivity contribution < 1.29 is 13.9 Å². The number of hydrogen-bond donors (Lipinski definition) is 1. The van der Waals surface area contributed by atoms with E-state index in [-0.39, 0.29) is 17.5 Å². The molecule has 0 spiro atoms. The minimum absolute atomic E-state index is 0.223. The fourth-order valence-corrected chi connectivity index (χ4v) is 4.55. The molecule has 0 aliphatic carbocycles. The van der Waals surface area contributed by atoms with E-state index in [0.29, 0.717) is 40.8 Å². The number of rotatable bonds is 5. The summed E-state index contributed by atoms with van der Waals surface area (Å²) in [6.45, 7) is 1.55. The number of cyclic esters (lactones) is 1. The highest BCUT2D eigenvalue weighted by atomic mass is 32.2. The van der Waals surface area contributed by atoms with Gasteiger partial charge in [0, 0.05) is 23.2 Å². The Morgan fingerprint density at radius 2 is 2.12 bits per heavy atom. The number of H-pyrrole nitrogens is 1. The lowest BCUT2D eigenvalue weighted by molar-refractivity contribution is 0.160. The van der Waals surface area contributed by atoms with E-state index in [0.717, 1.165) is 11.1 Å². The van der Waals surface area contributed by atoms with Crippen molar-refractivity contribution in [3.8, 4) is 11.1 Å². The molecule has 2 aromatic heterocycles. The number of nitrogens with one attached hydrogen (secondary N) is 1. The lowest BCUT2D eigenvalue weighted by atomic mass is 10.1. The number of benzene rings is 1. The Kier molecular flexibility index (Phi) is 4.64. The van der Waals surface area contributed by atoms with Crippen LogP contribution in [0.4, 0.5) is 9.18 Å². The Bertz CT molecular complexity index is 1020. The Labute approximate surface area is 156 Å². The van der Waals surface area contributed by atoms with Gasteiger partial charge in [-0.2, -0.15) is 0 Å². The van der Waals surface area contributed by atoms with E-state index in [2.05, 4.69) is 9.97 Å². The molecule has 0 bridgehead atoms. The van der Waals surface area contributed by atoms with E-state index in [1.54, 1.807) is 17.0 Å². The van der Waals surface area contributed by atoms with Crippen molar-refractivity contribution in [3.63, 3.8) is 0 Å². The van der Waals surface area contributed by atoms with Crippen molar-refractivity contribution in [3.05, 3.63) is 45.8 Å². The summed E-state index contributed by atoms with van der Waals surface area (Å²) in [5.41, 5.74) is 1.30. The summed E-state index contributed by atoms with van der Waals surface area (Å²) >= 11 is 2.76. The maximum atomic E-state index is 13.1. The number of aromatic nitrogens is 2. The molecule has 0 unspecified atom stereocenters. The first-order valence-corrected chi connectivity index (χ1v) is 9.80. The van der Waals surface area contributed by atoms with Crippen LogP contribution in [0.2, 0.25) is 0 Å². The molecule has 1 aromatic carbocycles. The van der Waals surface area contributed by atoms with Crippen LogP contribution in [0.1, 0.15) is 0 Å². The third kappa shape index (κ3) is 3.32. The molecule has 1 N–H and O–H groups in total. The second-order valence-electron chi connectivity index (χ2n) is 5.66. The summed E-state index contributed by atoms with van der Waals surface area (Å²) < 4.78 is 18.0. The third-order valence-electron chi connectivity index (χ3n) is 4.02. The zero-order valence-electron chi connectivity index (χ0n) is 13.5. The number of thioether (sulfide) groups is 1. The Hall–Kier alpha value is -2.39. The average Bonchev–Trinajstić information content (AvgIpc) is 3.23. The summed E-state index contributed by atoms with van der Waals surface area (Å²) in [5, 5.41) is 2.88. The summed E-state index contributed by atoms with van der Waals surface area (Å²) in [7, 11) is 0. The molecule has 26 heavy (non-hydrogen) atoms. The van der Waals surface area contributed by atoms with Gasteiger partial charge in [0.25, 0.3) is 5.56 Å². The van der Waals surface area contributed by atoms with Crippen LogP contribution < -0.4 is 5.56 Å². The number of thiophene rings is 1. The van der Waals surface area contributed by atoms with Gasteiger partial charge >= 0.3 is 6.09 Å². The number of carbonyl (C=O) groups excluding carboxylic acids is 1. The molecule has 1 aliphatic rings. The van der Waals surface area contributed by atoms with Gasteiger partial charge in [-0.25, -0.2) is 14.2 Å². The minimum atomic E-state index is -0.319. The van der Waals surface area contributed by atoms with Crippen LogP contribution in [0.25, 0.3) is 21.3 Å². The van der Waals surface area contributed by atoms with Crippen molar-refractivity contribution in [1.82, 2.24) is 14.9 Å². The number of amides is 1. The lowest BCUT2D eigenvalue weighted by Crippen LogP contribution is -2.26. The van der Waals surface area contributed by atoms with Crippen molar-refractivity contribution >= 4 is 39.4 Å². The second kappa shape index (κ2) is 7.08. The molecule has 0 saturated carbocycles. The molecule has 3 heterocycles. The quantitative estimate of drug-likeness (QED) is 0.533. The number of nitrogens with zero attached hydrogens (tertiary/aromatic N) is 2. The van der Waals surface area contributed by atoms with Crippen LogP contribution in [0, 0.1) is 5.82 Å². The van der Waals surface area contributed by atoms with Gasteiger partial charge in [-0.1, -0.05) is 23.9 Å². The molecule has 1 saturated heterocycles. The second-order valence-corrected chi connectivity index (χ2v) is 7.60. The topological polar surface area (TPSA) is 75.3 Å². The number of halogens is 1. The molecule has 134 valence electrons. The van der Waals surface area contributed by atoms with Gasteiger partial charge in [-0.05, 0) is 17.7 Å². The molecule has 0 radical (unpaired) electrons. The largest absolute Gasteiger partial charge is 0.448 e. The fraction of sp³-hybridized carbons (Fsp3) is 0.235. The molecule has 9 heteroatoms. The van der Waals surface area contributed by atoms with Gasteiger partial charge in [-0.15, -0.1) is 11.3 Å². The Balaban J connectivity index is 1.55. The minimum Gasteiger partial charge on any atom is -0.448 e. The monoisotopic (exact) mass is 391 g/mol. The number of ether oxygens (including phenoxy) is 1. The molecular formula is C17H14FN3O3S2. The first-order valence-electron chi connectivity index (χ1n) is 7.94. The van der Waals surface area contributed by atoms with Crippen LogP contribution in [0.3, 0.4) is 0 Å². The Morgan fingerprint density at radius 3 is 2.85 bits per heavy atom. The zero-order valence-corrected chi connectivity index (χ0v) is 15.2. The fourth-order valence-electron chi connectivity index (χ4n) is 2.72. The van der Waals surface area contributed by atoms with Crippen LogP contribution in [0.5, 0.6) is 0 Å². The van der Waals surface area contributed by atoms with Crippen LogP contribution in [-0.4, -0.2) is 46.4 Å². The van der Waals surface area contributed by atoms with Gasteiger partial charge in [0.15, 0.2) is 5.16 Å². The van der Waals surface area contributed by atoms with Gasteiger partial charge in [0.05, 0.1) is 11.9 Å². The molecule has 1 aliphatic heterocycles. The van der Waals surface area contributed by atoms with E-state index in [1.807, 2.05) is 5.38 Å². The molecule has 3 aromatic rings. The molecule has 6 nitrogen and oxygen atoms in total. The van der Waals surface area contributed by atoms with E-state index in [1.165, 1.54) is 35.2 Å². The van der Waals surface area contributed by atoms with Crippen LogP contribution in [0.15, 0.2) is 39.6 Å². The molecule has 4 rings (SSSR count). The molecular weight excluding hydrogens is 377 g/mol. The molecule has 1 fully saturated rings. The van der Waals surface area contributed by atoms with E-state index in [4.69, 9.17) is 4.74 Å².